The zero-order valence-electron chi connectivity index (χ0n) is 10.4. The predicted molar refractivity (Wildman–Crippen MR) is 68.1 cm³/mol. The Labute approximate surface area is 106 Å². The minimum atomic E-state index is -3.72. The summed E-state index contributed by atoms with van der Waals surface area (Å²) in [6, 6.07) is 3.73. The molecule has 0 aliphatic carbocycles. The zero-order valence-corrected chi connectivity index (χ0v) is 11.2. The van der Waals surface area contributed by atoms with Crippen molar-refractivity contribution in [3.8, 4) is 0 Å². The highest BCUT2D eigenvalue weighted by molar-refractivity contribution is 7.89. The van der Waals surface area contributed by atoms with E-state index in [-0.39, 0.29) is 10.6 Å². The molecule has 0 saturated carbocycles. The van der Waals surface area contributed by atoms with Crippen LogP contribution in [0.1, 0.15) is 6.92 Å². The Bertz CT molecular complexity index is 554. The quantitative estimate of drug-likeness (QED) is 0.644. The first kappa shape index (κ1) is 14.4. The summed E-state index contributed by atoms with van der Waals surface area (Å²) in [5, 5.41) is 13.6. The molecule has 0 saturated heterocycles. The summed E-state index contributed by atoms with van der Waals surface area (Å²) >= 11 is 0. The summed E-state index contributed by atoms with van der Waals surface area (Å²) in [5.41, 5.74) is 0.105. The van der Waals surface area contributed by atoms with E-state index >= 15 is 0 Å². The van der Waals surface area contributed by atoms with Gasteiger partial charge in [0.05, 0.1) is 10.6 Å². The van der Waals surface area contributed by atoms with Crippen LogP contribution in [0, 0.1) is 10.1 Å². The highest BCUT2D eigenvalue weighted by Crippen LogP contribution is 2.27. The van der Waals surface area contributed by atoms with Crippen molar-refractivity contribution in [2.24, 2.45) is 0 Å². The largest absolute Gasteiger partial charge is 0.384 e. The first-order valence-corrected chi connectivity index (χ1v) is 6.69. The van der Waals surface area contributed by atoms with Gasteiger partial charge in [0.25, 0.3) is 5.69 Å². The number of non-ortho nitro benzene ring substituents is 1. The summed E-state index contributed by atoms with van der Waals surface area (Å²) < 4.78 is 25.2. The van der Waals surface area contributed by atoms with Gasteiger partial charge in [0.1, 0.15) is 4.90 Å². The predicted octanol–water partition coefficient (Wildman–Crippen LogP) is 1.28. The van der Waals surface area contributed by atoms with Crippen LogP contribution in [0.3, 0.4) is 0 Å². The van der Waals surface area contributed by atoms with Gasteiger partial charge in [-0.15, -0.1) is 0 Å². The summed E-state index contributed by atoms with van der Waals surface area (Å²) in [5.74, 6) is 0. The fourth-order valence-corrected chi connectivity index (χ4v) is 2.45. The lowest BCUT2D eigenvalue weighted by atomic mass is 10.3. The van der Waals surface area contributed by atoms with E-state index in [2.05, 4.69) is 5.32 Å². The number of nitro groups is 1. The standard InChI is InChI=1S/C10H15N3O4S/c1-4-11-9-6-5-8(13(14)15)7-10(9)18(16,17)12(2)3/h5-7,11H,4H2,1-3H3. The smallest absolute Gasteiger partial charge is 0.270 e. The summed E-state index contributed by atoms with van der Waals surface area (Å²) in [6.07, 6.45) is 0. The van der Waals surface area contributed by atoms with Crippen molar-refractivity contribution in [3.05, 3.63) is 28.3 Å². The summed E-state index contributed by atoms with van der Waals surface area (Å²) in [7, 11) is -0.962. The van der Waals surface area contributed by atoms with Crippen molar-refractivity contribution in [2.75, 3.05) is 26.0 Å². The molecule has 0 amide bonds. The topological polar surface area (TPSA) is 92.5 Å². The van der Waals surface area contributed by atoms with Gasteiger partial charge in [-0.05, 0) is 13.0 Å². The molecule has 0 aromatic heterocycles. The maximum atomic E-state index is 12.1. The number of hydrogen-bond acceptors (Lipinski definition) is 5. The Balaban J connectivity index is 3.46. The lowest BCUT2D eigenvalue weighted by molar-refractivity contribution is -0.385. The van der Waals surface area contributed by atoms with Crippen LogP contribution in [0.4, 0.5) is 11.4 Å². The number of hydrogen-bond donors (Lipinski definition) is 1. The van der Waals surface area contributed by atoms with Gasteiger partial charge in [-0.3, -0.25) is 10.1 Å². The molecule has 7 nitrogen and oxygen atoms in total. The van der Waals surface area contributed by atoms with Crippen LogP contribution in [0.25, 0.3) is 0 Å². The van der Waals surface area contributed by atoms with E-state index in [0.717, 1.165) is 10.4 Å². The number of nitrogens with zero attached hydrogens (tertiary/aromatic N) is 2. The van der Waals surface area contributed by atoms with Crippen molar-refractivity contribution in [1.29, 1.82) is 0 Å². The van der Waals surface area contributed by atoms with Gasteiger partial charge < -0.3 is 5.32 Å². The van der Waals surface area contributed by atoms with Crippen LogP contribution in [0.15, 0.2) is 23.1 Å². The maximum Gasteiger partial charge on any atom is 0.270 e. The third kappa shape index (κ3) is 2.77. The Morgan fingerprint density at radius 1 is 1.39 bits per heavy atom. The van der Waals surface area contributed by atoms with E-state index in [0.29, 0.717) is 12.2 Å². The van der Waals surface area contributed by atoms with Crippen molar-refractivity contribution in [2.45, 2.75) is 11.8 Å². The average molecular weight is 273 g/mol. The van der Waals surface area contributed by atoms with Gasteiger partial charge in [-0.25, -0.2) is 12.7 Å². The average Bonchev–Trinajstić information content (AvgIpc) is 2.29. The third-order valence-corrected chi connectivity index (χ3v) is 4.16. The van der Waals surface area contributed by atoms with E-state index in [1.807, 2.05) is 6.92 Å². The molecule has 1 aromatic rings. The van der Waals surface area contributed by atoms with Crippen molar-refractivity contribution in [3.63, 3.8) is 0 Å². The molecule has 8 heteroatoms. The highest BCUT2D eigenvalue weighted by Gasteiger charge is 2.24. The van der Waals surface area contributed by atoms with E-state index < -0.39 is 14.9 Å². The lowest BCUT2D eigenvalue weighted by Gasteiger charge is -2.15. The second kappa shape index (κ2) is 5.32. The molecule has 0 aliphatic heterocycles. The highest BCUT2D eigenvalue weighted by atomic mass is 32.2. The number of sulfonamides is 1. The van der Waals surface area contributed by atoms with Crippen LogP contribution in [0.5, 0.6) is 0 Å². The van der Waals surface area contributed by atoms with E-state index in [1.54, 1.807) is 0 Å². The number of nitro benzene ring substituents is 1. The molecule has 0 atom stereocenters. The molecule has 0 radical (unpaired) electrons. The van der Waals surface area contributed by atoms with Gasteiger partial charge in [0.2, 0.25) is 10.0 Å². The number of nitrogens with one attached hydrogen (secondary N) is 1. The monoisotopic (exact) mass is 273 g/mol. The Morgan fingerprint density at radius 3 is 2.44 bits per heavy atom. The fourth-order valence-electron chi connectivity index (χ4n) is 1.37. The minimum absolute atomic E-state index is 0.0939. The van der Waals surface area contributed by atoms with Crippen molar-refractivity contribution >= 4 is 21.4 Å². The molecular weight excluding hydrogens is 258 g/mol. The van der Waals surface area contributed by atoms with E-state index in [4.69, 9.17) is 0 Å². The molecular formula is C10H15N3O4S. The SMILES string of the molecule is CCNc1ccc([N+](=O)[O-])cc1S(=O)(=O)N(C)C. The molecule has 0 bridgehead atoms. The van der Waals surface area contributed by atoms with Gasteiger partial charge in [0, 0.05) is 32.8 Å². The van der Waals surface area contributed by atoms with Crippen molar-refractivity contribution < 1.29 is 13.3 Å². The molecule has 1 rings (SSSR count). The third-order valence-electron chi connectivity index (χ3n) is 2.30. The molecule has 18 heavy (non-hydrogen) atoms. The number of anilines is 1. The second-order valence-electron chi connectivity index (χ2n) is 3.76. The Kier molecular flexibility index (Phi) is 4.25. The molecule has 0 aliphatic rings. The second-order valence-corrected chi connectivity index (χ2v) is 5.88. The molecule has 0 heterocycles. The summed E-state index contributed by atoms with van der Waals surface area (Å²) in [4.78, 5) is 9.98. The first-order chi connectivity index (χ1) is 8.30. The molecule has 1 N–H and O–H groups in total. The molecule has 1 aromatic carbocycles. The fraction of sp³-hybridized carbons (Fsp3) is 0.400. The minimum Gasteiger partial charge on any atom is -0.384 e. The normalized spacial score (nSPS) is 11.6. The number of rotatable bonds is 5. The molecule has 0 spiro atoms. The van der Waals surface area contributed by atoms with Crippen LogP contribution in [0.2, 0.25) is 0 Å². The van der Waals surface area contributed by atoms with E-state index in [1.165, 1.54) is 26.2 Å². The van der Waals surface area contributed by atoms with Gasteiger partial charge in [-0.1, -0.05) is 0 Å². The zero-order chi connectivity index (χ0) is 13.9. The lowest BCUT2D eigenvalue weighted by Crippen LogP contribution is -2.23. The van der Waals surface area contributed by atoms with E-state index in [9.17, 15) is 18.5 Å². The van der Waals surface area contributed by atoms with Gasteiger partial charge in [-0.2, -0.15) is 0 Å². The van der Waals surface area contributed by atoms with Gasteiger partial charge >= 0.3 is 0 Å². The maximum absolute atomic E-state index is 12.1. The molecule has 100 valence electrons. The Hall–Kier alpha value is -1.67. The van der Waals surface area contributed by atoms with Crippen LogP contribution < -0.4 is 5.32 Å². The number of benzene rings is 1. The van der Waals surface area contributed by atoms with Crippen LogP contribution >= 0.6 is 0 Å². The van der Waals surface area contributed by atoms with Gasteiger partial charge in [0.15, 0.2) is 0 Å². The molecule has 0 unspecified atom stereocenters. The summed E-state index contributed by atoms with van der Waals surface area (Å²) in [6.45, 7) is 2.33. The first-order valence-electron chi connectivity index (χ1n) is 5.25. The van der Waals surface area contributed by atoms with Crippen molar-refractivity contribution in [1.82, 2.24) is 4.31 Å². The Morgan fingerprint density at radius 2 is 2.00 bits per heavy atom. The molecule has 0 fully saturated rings. The van der Waals surface area contributed by atoms with Crippen LogP contribution in [-0.2, 0) is 10.0 Å². The van der Waals surface area contributed by atoms with Crippen LogP contribution in [-0.4, -0.2) is 38.3 Å².